The van der Waals surface area contributed by atoms with Gasteiger partial charge < -0.3 is 9.47 Å². The van der Waals surface area contributed by atoms with Gasteiger partial charge in [-0.25, -0.2) is 14.8 Å². The molecule has 1 aliphatic heterocycles. The molecule has 2 aromatic rings. The molecule has 0 fully saturated rings. The van der Waals surface area contributed by atoms with Crippen LogP contribution in [0.5, 0.6) is 11.5 Å². The average Bonchev–Trinajstić information content (AvgIpc) is 3.09. The van der Waals surface area contributed by atoms with Gasteiger partial charge in [0.2, 0.25) is 0 Å². The number of ether oxygens (including phenoxy) is 2. The van der Waals surface area contributed by atoms with Crippen molar-refractivity contribution < 1.29 is 14.3 Å². The molecule has 0 spiro atoms. The minimum absolute atomic E-state index is 0.108. The van der Waals surface area contributed by atoms with E-state index in [1.807, 2.05) is 6.07 Å². The highest BCUT2D eigenvalue weighted by atomic mass is 32.2. The van der Waals surface area contributed by atoms with Crippen molar-refractivity contribution in [1.82, 2.24) is 9.97 Å². The topological polar surface area (TPSA) is 133 Å². The number of hydrogen-bond acceptors (Lipinski definition) is 10. The Morgan fingerprint density at radius 3 is 2.15 bits per heavy atom. The van der Waals surface area contributed by atoms with Crippen molar-refractivity contribution in [3.05, 3.63) is 45.5 Å². The Kier molecular flexibility index (Phi) is 5.28. The molecule has 0 unspecified atom stereocenters. The van der Waals surface area contributed by atoms with E-state index in [9.17, 15) is 10.1 Å². The van der Waals surface area contributed by atoms with Gasteiger partial charge in [-0.05, 0) is 12.1 Å². The molecule has 0 amide bonds. The van der Waals surface area contributed by atoms with Gasteiger partial charge in [-0.1, -0.05) is 29.6 Å². The Balaban J connectivity index is 1.89. The molecule has 1 aromatic heterocycles. The first-order chi connectivity index (χ1) is 13.1. The van der Waals surface area contributed by atoms with Crippen LogP contribution >= 0.6 is 23.5 Å². The molecule has 0 aliphatic carbocycles. The summed E-state index contributed by atoms with van der Waals surface area (Å²) in [5, 5.41) is 28.2. The van der Waals surface area contributed by atoms with Crippen LogP contribution in [0.2, 0.25) is 0 Å². The van der Waals surface area contributed by atoms with Crippen LogP contribution in [0.25, 0.3) is 0 Å². The Labute approximate surface area is 162 Å². The number of nitrogens with zero attached hydrogens (tertiary/aromatic N) is 5. The summed E-state index contributed by atoms with van der Waals surface area (Å²) in [6.45, 7) is 0. The first-order valence-electron chi connectivity index (χ1n) is 7.18. The molecule has 10 heteroatoms. The molecule has 130 valence electrons. The quantitative estimate of drug-likeness (QED) is 0.332. The number of aromatic nitrogens is 2. The van der Waals surface area contributed by atoms with Crippen molar-refractivity contribution in [3.63, 3.8) is 0 Å². The summed E-state index contributed by atoms with van der Waals surface area (Å²) in [6.07, 6.45) is 0. The van der Waals surface area contributed by atoms with Gasteiger partial charge in [-0.15, -0.1) is 0 Å². The monoisotopic (exact) mass is 393 g/mol. The van der Waals surface area contributed by atoms with Crippen LogP contribution in [-0.4, -0.2) is 23.0 Å². The number of fused-ring (bicyclic) bond motifs is 1. The largest absolute Gasteiger partial charge is 0.497 e. The lowest BCUT2D eigenvalue weighted by Gasteiger charge is -2.06. The standard InChI is InChI=1S/C17H7N5O3S2/c1-24-9-3-2-4-10(5-9)25-16(23)11(6-18)17-26-14-15(27-17)22-13(8-20)12(7-19)21-14/h2-5H,1H3. The summed E-state index contributed by atoms with van der Waals surface area (Å²) >= 11 is 2.05. The van der Waals surface area contributed by atoms with Gasteiger partial charge in [-0.3, -0.25) is 0 Å². The van der Waals surface area contributed by atoms with Crippen LogP contribution in [0.3, 0.4) is 0 Å². The fourth-order valence-corrected chi connectivity index (χ4v) is 4.23. The minimum Gasteiger partial charge on any atom is -0.497 e. The molecule has 8 nitrogen and oxygen atoms in total. The fraction of sp³-hybridized carbons (Fsp3) is 0.0588. The number of carbonyl (C=O) groups excluding carboxylic acids is 1. The van der Waals surface area contributed by atoms with E-state index in [4.69, 9.17) is 20.0 Å². The first-order valence-corrected chi connectivity index (χ1v) is 8.81. The Morgan fingerprint density at radius 1 is 1.04 bits per heavy atom. The molecule has 1 aliphatic rings. The second-order valence-corrected chi connectivity index (χ2v) is 7.06. The summed E-state index contributed by atoms with van der Waals surface area (Å²) < 4.78 is 10.6. The van der Waals surface area contributed by atoms with Crippen LogP contribution < -0.4 is 9.47 Å². The molecular formula is C17H7N5O3S2. The molecule has 0 saturated carbocycles. The van der Waals surface area contributed by atoms with Gasteiger partial charge in [0.15, 0.2) is 17.0 Å². The highest BCUT2D eigenvalue weighted by Gasteiger charge is 2.29. The SMILES string of the molecule is COc1cccc(OC(=O)C(C#N)=C2Sc3nc(C#N)c(C#N)nc3S2)c1. The predicted molar refractivity (Wildman–Crippen MR) is 94.4 cm³/mol. The average molecular weight is 393 g/mol. The van der Waals surface area contributed by atoms with Crippen molar-refractivity contribution in [3.8, 4) is 29.7 Å². The zero-order valence-electron chi connectivity index (χ0n) is 13.6. The molecule has 0 saturated heterocycles. The molecule has 0 atom stereocenters. The lowest BCUT2D eigenvalue weighted by Crippen LogP contribution is -2.11. The fourth-order valence-electron chi connectivity index (χ4n) is 1.99. The van der Waals surface area contributed by atoms with Gasteiger partial charge in [0.25, 0.3) is 0 Å². The van der Waals surface area contributed by atoms with Crippen molar-refractivity contribution in [2.24, 2.45) is 0 Å². The number of carbonyl (C=O) groups is 1. The zero-order valence-corrected chi connectivity index (χ0v) is 15.2. The molecular weight excluding hydrogens is 386 g/mol. The summed E-state index contributed by atoms with van der Waals surface area (Å²) in [6, 6.07) is 11.8. The normalized spacial score (nSPS) is 11.6. The second-order valence-electron chi connectivity index (χ2n) is 4.80. The lowest BCUT2D eigenvalue weighted by molar-refractivity contribution is -0.129. The highest BCUT2D eigenvalue weighted by molar-refractivity contribution is 8.24. The van der Waals surface area contributed by atoms with E-state index >= 15 is 0 Å². The highest BCUT2D eigenvalue weighted by Crippen LogP contribution is 2.50. The molecule has 0 N–H and O–H groups in total. The van der Waals surface area contributed by atoms with E-state index in [1.54, 1.807) is 30.3 Å². The van der Waals surface area contributed by atoms with E-state index in [-0.39, 0.29) is 22.7 Å². The number of rotatable bonds is 3. The van der Waals surface area contributed by atoms with E-state index in [0.717, 1.165) is 23.5 Å². The first kappa shape index (κ1) is 18.3. The summed E-state index contributed by atoms with van der Waals surface area (Å²) in [4.78, 5) is 20.5. The Morgan fingerprint density at radius 2 is 1.63 bits per heavy atom. The number of thioether (sulfide) groups is 2. The molecule has 1 aromatic carbocycles. The predicted octanol–water partition coefficient (Wildman–Crippen LogP) is 2.77. The molecule has 27 heavy (non-hydrogen) atoms. The molecule has 2 heterocycles. The summed E-state index contributed by atoms with van der Waals surface area (Å²) in [5.74, 6) is -0.104. The number of esters is 1. The zero-order chi connectivity index (χ0) is 19.4. The van der Waals surface area contributed by atoms with Crippen molar-refractivity contribution in [2.45, 2.75) is 10.1 Å². The third kappa shape index (κ3) is 3.70. The van der Waals surface area contributed by atoms with E-state index in [2.05, 4.69) is 9.97 Å². The molecule has 0 radical (unpaired) electrons. The van der Waals surface area contributed by atoms with Crippen LogP contribution in [0.1, 0.15) is 11.4 Å². The maximum Gasteiger partial charge on any atom is 0.356 e. The molecule has 0 bridgehead atoms. The molecule has 3 rings (SSSR count). The Hall–Kier alpha value is -3.52. The maximum atomic E-state index is 12.4. The van der Waals surface area contributed by atoms with Crippen LogP contribution in [0.4, 0.5) is 0 Å². The van der Waals surface area contributed by atoms with E-state index in [0.29, 0.717) is 20.0 Å². The van der Waals surface area contributed by atoms with Gasteiger partial charge >= 0.3 is 5.97 Å². The van der Waals surface area contributed by atoms with Crippen LogP contribution in [0, 0.1) is 34.0 Å². The Bertz CT molecular complexity index is 1060. The van der Waals surface area contributed by atoms with Gasteiger partial charge in [0, 0.05) is 6.07 Å². The van der Waals surface area contributed by atoms with Gasteiger partial charge in [0.05, 0.1) is 11.3 Å². The second kappa shape index (κ2) is 7.79. The van der Waals surface area contributed by atoms with Crippen molar-refractivity contribution >= 4 is 29.5 Å². The van der Waals surface area contributed by atoms with Gasteiger partial charge in [-0.2, -0.15) is 15.8 Å². The summed E-state index contributed by atoms with van der Waals surface area (Å²) in [5.41, 5.74) is -0.434. The maximum absolute atomic E-state index is 12.4. The third-order valence-corrected chi connectivity index (χ3v) is 5.56. The number of methoxy groups -OCH3 is 1. The van der Waals surface area contributed by atoms with Crippen molar-refractivity contribution in [1.29, 1.82) is 15.8 Å². The number of nitriles is 3. The third-order valence-electron chi connectivity index (χ3n) is 3.20. The lowest BCUT2D eigenvalue weighted by atomic mass is 10.3. The summed E-state index contributed by atoms with van der Waals surface area (Å²) in [7, 11) is 1.48. The van der Waals surface area contributed by atoms with E-state index < -0.39 is 5.97 Å². The number of benzene rings is 1. The number of hydrogen-bond donors (Lipinski definition) is 0. The smallest absolute Gasteiger partial charge is 0.356 e. The van der Waals surface area contributed by atoms with Gasteiger partial charge in [0.1, 0.15) is 39.8 Å². The van der Waals surface area contributed by atoms with Crippen molar-refractivity contribution in [2.75, 3.05) is 7.11 Å². The van der Waals surface area contributed by atoms with E-state index in [1.165, 1.54) is 13.2 Å². The van der Waals surface area contributed by atoms with Crippen LogP contribution in [-0.2, 0) is 4.79 Å². The minimum atomic E-state index is -0.838. The van der Waals surface area contributed by atoms with Crippen LogP contribution in [0.15, 0.2) is 44.1 Å².